The molecule has 1 atom stereocenters. The first-order chi connectivity index (χ1) is 9.00. The Morgan fingerprint density at radius 3 is 2.42 bits per heavy atom. The highest BCUT2D eigenvalue weighted by Gasteiger charge is 2.16. The molecule has 0 heterocycles. The molecule has 0 aliphatic heterocycles. The van der Waals surface area contributed by atoms with Crippen molar-refractivity contribution in [3.63, 3.8) is 0 Å². The van der Waals surface area contributed by atoms with Crippen LogP contribution >= 0.6 is 23.2 Å². The van der Waals surface area contributed by atoms with E-state index in [-0.39, 0.29) is 6.42 Å². The average Bonchev–Trinajstić information content (AvgIpc) is 2.37. The number of hydrogen-bond donors (Lipinski definition) is 1. The summed E-state index contributed by atoms with van der Waals surface area (Å²) in [6.07, 6.45) is -0.722. The minimum absolute atomic E-state index is 0.118. The summed E-state index contributed by atoms with van der Waals surface area (Å²) in [6, 6.07) is 9.77. The summed E-state index contributed by atoms with van der Waals surface area (Å²) in [4.78, 5) is 0. The fraction of sp³-hybridized carbons (Fsp3) is 0.200. The van der Waals surface area contributed by atoms with Gasteiger partial charge >= 0.3 is 0 Å². The van der Waals surface area contributed by atoms with E-state index in [1.54, 1.807) is 24.3 Å². The molecule has 0 saturated heterocycles. The Morgan fingerprint density at radius 2 is 1.74 bits per heavy atom. The van der Waals surface area contributed by atoms with E-state index in [9.17, 15) is 9.50 Å². The van der Waals surface area contributed by atoms with Gasteiger partial charge in [0.1, 0.15) is 5.82 Å². The van der Waals surface area contributed by atoms with Crippen molar-refractivity contribution in [2.24, 2.45) is 0 Å². The van der Waals surface area contributed by atoms with E-state index in [1.165, 1.54) is 12.1 Å². The van der Waals surface area contributed by atoms with Crippen LogP contribution in [-0.2, 0) is 6.42 Å². The molecule has 1 unspecified atom stereocenters. The highest BCUT2D eigenvalue weighted by Crippen LogP contribution is 2.29. The van der Waals surface area contributed by atoms with Crippen LogP contribution in [0, 0.1) is 12.7 Å². The van der Waals surface area contributed by atoms with Gasteiger partial charge in [-0.1, -0.05) is 41.4 Å². The molecule has 1 nitrogen and oxygen atoms in total. The zero-order valence-electron chi connectivity index (χ0n) is 10.3. The molecule has 2 rings (SSSR count). The SMILES string of the molecule is Cc1c(Cl)cccc1C(O)Cc1c(F)cccc1Cl. The van der Waals surface area contributed by atoms with Gasteiger partial charge < -0.3 is 5.11 Å². The molecule has 100 valence electrons. The molecule has 19 heavy (non-hydrogen) atoms. The number of hydrogen-bond acceptors (Lipinski definition) is 1. The largest absolute Gasteiger partial charge is 0.388 e. The third-order valence-corrected chi connectivity index (χ3v) is 3.89. The van der Waals surface area contributed by atoms with Crippen molar-refractivity contribution >= 4 is 23.2 Å². The lowest BCUT2D eigenvalue weighted by atomic mass is 9.97. The lowest BCUT2D eigenvalue weighted by Gasteiger charge is -2.16. The van der Waals surface area contributed by atoms with Gasteiger partial charge in [-0.2, -0.15) is 0 Å². The fourth-order valence-electron chi connectivity index (χ4n) is 2.02. The van der Waals surface area contributed by atoms with Crippen molar-refractivity contribution in [1.82, 2.24) is 0 Å². The van der Waals surface area contributed by atoms with E-state index in [0.29, 0.717) is 21.2 Å². The van der Waals surface area contributed by atoms with Crippen molar-refractivity contribution in [2.45, 2.75) is 19.4 Å². The van der Waals surface area contributed by atoms with Crippen molar-refractivity contribution in [1.29, 1.82) is 0 Å². The van der Waals surface area contributed by atoms with Crippen LogP contribution in [0.5, 0.6) is 0 Å². The number of benzene rings is 2. The normalized spacial score (nSPS) is 12.5. The Bertz CT molecular complexity index is 578. The Hall–Kier alpha value is -1.09. The summed E-state index contributed by atoms with van der Waals surface area (Å²) in [5.74, 6) is -0.411. The molecule has 0 aromatic heterocycles. The highest BCUT2D eigenvalue weighted by atomic mass is 35.5. The topological polar surface area (TPSA) is 20.2 Å². The van der Waals surface area contributed by atoms with Crippen LogP contribution in [-0.4, -0.2) is 5.11 Å². The van der Waals surface area contributed by atoms with Crippen molar-refractivity contribution < 1.29 is 9.50 Å². The van der Waals surface area contributed by atoms with Gasteiger partial charge in [-0.15, -0.1) is 0 Å². The second-order valence-corrected chi connectivity index (χ2v) is 5.19. The number of aliphatic hydroxyl groups is 1. The van der Waals surface area contributed by atoms with Crippen LogP contribution in [0.25, 0.3) is 0 Å². The summed E-state index contributed by atoms with van der Waals surface area (Å²) < 4.78 is 13.7. The fourth-order valence-corrected chi connectivity index (χ4v) is 2.44. The van der Waals surface area contributed by atoms with E-state index in [1.807, 2.05) is 6.92 Å². The van der Waals surface area contributed by atoms with Gasteiger partial charge in [-0.25, -0.2) is 4.39 Å². The van der Waals surface area contributed by atoms with Gasteiger partial charge in [0.25, 0.3) is 0 Å². The summed E-state index contributed by atoms with van der Waals surface area (Å²) in [5, 5.41) is 11.1. The Kier molecular flexibility index (Phi) is 4.46. The third kappa shape index (κ3) is 3.08. The van der Waals surface area contributed by atoms with Crippen LogP contribution in [0.3, 0.4) is 0 Å². The Morgan fingerprint density at radius 1 is 1.11 bits per heavy atom. The molecule has 0 amide bonds. The lowest BCUT2D eigenvalue weighted by Crippen LogP contribution is -2.06. The summed E-state index contributed by atoms with van der Waals surface area (Å²) >= 11 is 12.0. The summed E-state index contributed by atoms with van der Waals surface area (Å²) in [5.41, 5.74) is 1.80. The number of aliphatic hydroxyl groups excluding tert-OH is 1. The molecule has 1 N–H and O–H groups in total. The lowest BCUT2D eigenvalue weighted by molar-refractivity contribution is 0.176. The van der Waals surface area contributed by atoms with Gasteiger partial charge in [0, 0.05) is 22.0 Å². The van der Waals surface area contributed by atoms with Crippen molar-refractivity contribution in [3.05, 3.63) is 69.0 Å². The van der Waals surface area contributed by atoms with Crippen LogP contribution in [0.15, 0.2) is 36.4 Å². The molecule has 0 radical (unpaired) electrons. The minimum Gasteiger partial charge on any atom is -0.388 e. The van der Waals surface area contributed by atoms with E-state index >= 15 is 0 Å². The van der Waals surface area contributed by atoms with Crippen LogP contribution in [0.4, 0.5) is 4.39 Å². The molecule has 0 aliphatic rings. The molecule has 0 aliphatic carbocycles. The molecule has 0 spiro atoms. The maximum absolute atomic E-state index is 13.7. The first kappa shape index (κ1) is 14.3. The zero-order chi connectivity index (χ0) is 14.0. The molecule has 2 aromatic carbocycles. The van der Waals surface area contributed by atoms with Gasteiger partial charge in [-0.3, -0.25) is 0 Å². The predicted octanol–water partition coefficient (Wildman–Crippen LogP) is 4.72. The zero-order valence-corrected chi connectivity index (χ0v) is 11.8. The molecule has 2 aromatic rings. The second-order valence-electron chi connectivity index (χ2n) is 4.37. The van der Waals surface area contributed by atoms with Crippen LogP contribution < -0.4 is 0 Å². The van der Waals surface area contributed by atoms with Crippen molar-refractivity contribution in [3.8, 4) is 0 Å². The van der Waals surface area contributed by atoms with Crippen molar-refractivity contribution in [2.75, 3.05) is 0 Å². The van der Waals surface area contributed by atoms with Crippen LogP contribution in [0.2, 0.25) is 10.0 Å². The van der Waals surface area contributed by atoms with E-state index in [0.717, 1.165) is 5.56 Å². The van der Waals surface area contributed by atoms with Crippen LogP contribution in [0.1, 0.15) is 22.8 Å². The quantitative estimate of drug-likeness (QED) is 0.869. The molecule has 4 heteroatoms. The third-order valence-electron chi connectivity index (χ3n) is 3.13. The minimum atomic E-state index is -0.840. The van der Waals surface area contributed by atoms with E-state index < -0.39 is 11.9 Å². The van der Waals surface area contributed by atoms with E-state index in [4.69, 9.17) is 23.2 Å². The number of rotatable bonds is 3. The monoisotopic (exact) mass is 298 g/mol. The van der Waals surface area contributed by atoms with Gasteiger partial charge in [0.05, 0.1) is 6.10 Å². The summed E-state index contributed by atoms with van der Waals surface area (Å²) in [6.45, 7) is 1.82. The van der Waals surface area contributed by atoms with Gasteiger partial charge in [-0.05, 0) is 36.2 Å². The molecular formula is C15H13Cl2FO. The standard InChI is InChI=1S/C15H13Cl2FO/c1-9-10(4-2-5-12(9)16)15(19)8-11-13(17)6-3-7-14(11)18/h2-7,15,19H,8H2,1H3. The van der Waals surface area contributed by atoms with E-state index in [2.05, 4.69) is 0 Å². The number of halogens is 3. The molecule has 0 bridgehead atoms. The molecule has 0 saturated carbocycles. The maximum Gasteiger partial charge on any atom is 0.127 e. The second kappa shape index (κ2) is 5.91. The average molecular weight is 299 g/mol. The molecular weight excluding hydrogens is 286 g/mol. The first-order valence-corrected chi connectivity index (χ1v) is 6.62. The highest BCUT2D eigenvalue weighted by molar-refractivity contribution is 6.31. The molecule has 0 fully saturated rings. The Labute approximate surface area is 121 Å². The van der Waals surface area contributed by atoms with Gasteiger partial charge in [0.15, 0.2) is 0 Å². The van der Waals surface area contributed by atoms with Gasteiger partial charge in [0.2, 0.25) is 0 Å². The Balaban J connectivity index is 2.31. The predicted molar refractivity (Wildman–Crippen MR) is 76.3 cm³/mol. The maximum atomic E-state index is 13.7. The smallest absolute Gasteiger partial charge is 0.127 e. The first-order valence-electron chi connectivity index (χ1n) is 5.86. The summed E-state index contributed by atoms with van der Waals surface area (Å²) in [7, 11) is 0.